The maximum absolute atomic E-state index is 12.9. The molecule has 1 N–H and O–H groups in total. The normalized spacial score (nSPS) is 17.0. The van der Waals surface area contributed by atoms with E-state index in [1.165, 1.54) is 25.3 Å². The van der Waals surface area contributed by atoms with Crippen LogP contribution in [-0.2, 0) is 5.60 Å². The van der Waals surface area contributed by atoms with Crippen molar-refractivity contribution in [2.24, 2.45) is 0 Å². The van der Waals surface area contributed by atoms with E-state index >= 15 is 0 Å². The molecule has 0 aliphatic rings. The molecule has 0 fully saturated rings. The van der Waals surface area contributed by atoms with E-state index in [1.54, 1.807) is 0 Å². The summed E-state index contributed by atoms with van der Waals surface area (Å²) < 4.78 is 30.6. The summed E-state index contributed by atoms with van der Waals surface area (Å²) in [4.78, 5) is -3.40. The Balaban J connectivity index is 3.09. The van der Waals surface area contributed by atoms with Gasteiger partial charge in [-0.25, -0.2) is 0 Å². The van der Waals surface area contributed by atoms with Crippen molar-refractivity contribution < 1.29 is 18.3 Å². The Bertz CT molecular complexity index is 268. The van der Waals surface area contributed by atoms with Crippen molar-refractivity contribution in [3.63, 3.8) is 0 Å². The Labute approximate surface area is 82.7 Å². The van der Waals surface area contributed by atoms with Crippen LogP contribution in [0.5, 0.6) is 0 Å². The first-order valence-electron chi connectivity index (χ1n) is 3.75. The fourth-order valence-corrected chi connectivity index (χ4v) is 1.50. The number of aliphatic hydroxyl groups is 1. The van der Waals surface area contributed by atoms with Gasteiger partial charge in [0.2, 0.25) is 0 Å². The molecule has 0 saturated heterocycles. The minimum Gasteiger partial charge on any atom is -0.466 e. The summed E-state index contributed by atoms with van der Waals surface area (Å²) in [5.74, 6) is -0.142. The molecule has 1 rings (SSSR count). The number of rotatable bonds is 3. The third kappa shape index (κ3) is 1.76. The first-order chi connectivity index (χ1) is 5.92. The van der Waals surface area contributed by atoms with Gasteiger partial charge >= 0.3 is 4.83 Å². The number of hydrogen-bond donors (Lipinski definition) is 1. The lowest BCUT2D eigenvalue weighted by atomic mass is 9.98. The number of alkyl halides is 3. The average Bonchev–Trinajstić information content (AvgIpc) is 2.52. The van der Waals surface area contributed by atoms with Gasteiger partial charge in [-0.1, -0.05) is 6.92 Å². The van der Waals surface area contributed by atoms with Crippen LogP contribution in [-0.4, -0.2) is 9.94 Å². The monoisotopic (exact) mass is 254 g/mol. The van der Waals surface area contributed by atoms with Crippen LogP contribution in [0.15, 0.2) is 22.8 Å². The second-order valence-corrected chi connectivity index (χ2v) is 3.68. The summed E-state index contributed by atoms with van der Waals surface area (Å²) in [6.07, 6.45) is 1.10. The van der Waals surface area contributed by atoms with Gasteiger partial charge in [-0.3, -0.25) is 0 Å². The molecule has 0 bridgehead atoms. The Morgan fingerprint density at radius 1 is 1.62 bits per heavy atom. The molecule has 1 atom stereocenters. The van der Waals surface area contributed by atoms with Crippen molar-refractivity contribution in [2.75, 3.05) is 0 Å². The number of hydrogen-bond acceptors (Lipinski definition) is 2. The molecule has 0 aliphatic heterocycles. The maximum Gasteiger partial charge on any atom is 0.336 e. The number of furan rings is 1. The predicted molar refractivity (Wildman–Crippen MR) is 46.8 cm³/mol. The molecule has 2 nitrogen and oxygen atoms in total. The molecule has 5 heteroatoms. The molecule has 1 aromatic rings. The van der Waals surface area contributed by atoms with Gasteiger partial charge in [0.05, 0.1) is 6.26 Å². The Morgan fingerprint density at radius 3 is 2.54 bits per heavy atom. The van der Waals surface area contributed by atoms with Gasteiger partial charge in [-0.15, -0.1) is 0 Å². The average molecular weight is 255 g/mol. The van der Waals surface area contributed by atoms with E-state index in [0.717, 1.165) is 0 Å². The van der Waals surface area contributed by atoms with Crippen LogP contribution in [0.3, 0.4) is 0 Å². The fourth-order valence-electron chi connectivity index (χ4n) is 1.03. The van der Waals surface area contributed by atoms with Crippen molar-refractivity contribution in [1.82, 2.24) is 0 Å². The second kappa shape index (κ2) is 3.38. The molecular formula is C8H9BrF2O2. The highest BCUT2D eigenvalue weighted by Gasteiger charge is 2.52. The fraction of sp³-hybridized carbons (Fsp3) is 0.500. The first-order valence-corrected chi connectivity index (χ1v) is 4.54. The zero-order valence-corrected chi connectivity index (χ0v) is 8.51. The van der Waals surface area contributed by atoms with Gasteiger partial charge < -0.3 is 9.52 Å². The second-order valence-electron chi connectivity index (χ2n) is 2.69. The Kier molecular flexibility index (Phi) is 2.77. The molecule has 0 aliphatic carbocycles. The quantitative estimate of drug-likeness (QED) is 0.842. The van der Waals surface area contributed by atoms with Crippen LogP contribution in [0.2, 0.25) is 0 Å². The van der Waals surface area contributed by atoms with Gasteiger partial charge in [-0.05, 0) is 34.5 Å². The van der Waals surface area contributed by atoms with E-state index in [1.807, 2.05) is 0 Å². The van der Waals surface area contributed by atoms with Crippen LogP contribution < -0.4 is 0 Å². The van der Waals surface area contributed by atoms with Gasteiger partial charge in [0.15, 0.2) is 5.60 Å². The molecule has 0 radical (unpaired) electrons. The standard InChI is InChI=1S/C8H9BrF2O2/c1-2-7(12,8(9,10)11)6-4-3-5-13-6/h3-5,12H,2H2,1H3. The molecule has 1 unspecified atom stereocenters. The lowest BCUT2D eigenvalue weighted by Crippen LogP contribution is -2.40. The highest BCUT2D eigenvalue weighted by atomic mass is 79.9. The minimum absolute atomic E-state index is 0.140. The summed E-state index contributed by atoms with van der Waals surface area (Å²) in [6, 6.07) is 2.77. The maximum atomic E-state index is 12.9. The Morgan fingerprint density at radius 2 is 2.23 bits per heavy atom. The van der Waals surface area contributed by atoms with E-state index in [0.29, 0.717) is 0 Å². The molecule has 0 saturated carbocycles. The summed E-state index contributed by atoms with van der Waals surface area (Å²) in [6.45, 7) is 1.46. The predicted octanol–water partition coefficient (Wildman–Crippen LogP) is 2.86. The first kappa shape index (κ1) is 10.7. The molecule has 1 aromatic heterocycles. The highest BCUT2D eigenvalue weighted by molar-refractivity contribution is 9.10. The molecule has 13 heavy (non-hydrogen) atoms. The summed E-state index contributed by atoms with van der Waals surface area (Å²) >= 11 is 2.14. The molecule has 0 amide bonds. The molecule has 0 spiro atoms. The largest absolute Gasteiger partial charge is 0.466 e. The van der Waals surface area contributed by atoms with Crippen LogP contribution in [0.1, 0.15) is 19.1 Å². The van der Waals surface area contributed by atoms with Crippen LogP contribution in [0.25, 0.3) is 0 Å². The molecule has 0 aromatic carbocycles. The van der Waals surface area contributed by atoms with E-state index in [4.69, 9.17) is 4.42 Å². The zero-order valence-electron chi connectivity index (χ0n) is 6.93. The SMILES string of the molecule is CCC(O)(c1ccco1)C(F)(F)Br. The smallest absolute Gasteiger partial charge is 0.336 e. The van der Waals surface area contributed by atoms with Crippen LogP contribution >= 0.6 is 15.9 Å². The lowest BCUT2D eigenvalue weighted by Gasteiger charge is -2.28. The summed E-state index contributed by atoms with van der Waals surface area (Å²) in [5, 5.41) is 9.63. The van der Waals surface area contributed by atoms with E-state index in [9.17, 15) is 13.9 Å². The van der Waals surface area contributed by atoms with Crippen LogP contribution in [0, 0.1) is 0 Å². The lowest BCUT2D eigenvalue weighted by molar-refractivity contribution is -0.135. The molecular weight excluding hydrogens is 246 g/mol. The van der Waals surface area contributed by atoms with Crippen molar-refractivity contribution in [1.29, 1.82) is 0 Å². The van der Waals surface area contributed by atoms with Gasteiger partial charge in [-0.2, -0.15) is 8.78 Å². The van der Waals surface area contributed by atoms with Crippen molar-refractivity contribution >= 4 is 15.9 Å². The van der Waals surface area contributed by atoms with E-state index < -0.39 is 10.4 Å². The summed E-state index contributed by atoms with van der Waals surface area (Å²) in [5.41, 5.74) is -2.28. The number of halogens is 3. The molecule has 74 valence electrons. The van der Waals surface area contributed by atoms with Gasteiger partial charge in [0, 0.05) is 0 Å². The van der Waals surface area contributed by atoms with Crippen molar-refractivity contribution in [3.8, 4) is 0 Å². The van der Waals surface area contributed by atoms with E-state index in [-0.39, 0.29) is 12.2 Å². The van der Waals surface area contributed by atoms with E-state index in [2.05, 4.69) is 15.9 Å². The van der Waals surface area contributed by atoms with Crippen molar-refractivity contribution in [3.05, 3.63) is 24.2 Å². The summed E-state index contributed by atoms with van der Waals surface area (Å²) in [7, 11) is 0. The van der Waals surface area contributed by atoms with Gasteiger partial charge in [0.1, 0.15) is 5.76 Å². The zero-order chi connectivity index (χ0) is 10.1. The van der Waals surface area contributed by atoms with Crippen LogP contribution in [0.4, 0.5) is 8.78 Å². The topological polar surface area (TPSA) is 33.4 Å². The molecule has 1 heterocycles. The Hall–Kier alpha value is -0.420. The van der Waals surface area contributed by atoms with Gasteiger partial charge in [0.25, 0.3) is 0 Å². The minimum atomic E-state index is -3.40. The third-order valence-corrected chi connectivity index (χ3v) is 2.57. The third-order valence-electron chi connectivity index (χ3n) is 1.91. The van der Waals surface area contributed by atoms with Crippen molar-refractivity contribution in [2.45, 2.75) is 23.8 Å². The highest BCUT2D eigenvalue weighted by Crippen LogP contribution is 2.44.